The van der Waals surface area contributed by atoms with Crippen molar-refractivity contribution < 1.29 is 24.2 Å². The van der Waals surface area contributed by atoms with E-state index in [2.05, 4.69) is 98.9 Å². The number of carbonyl (C=O) groups is 2. The standard InChI is InChI=1S/C50H84O5/c1-3-5-7-9-11-13-15-17-19-21-22-23-24-25-26-27-28-29-31-33-35-37-39-41-43-45-50(53)55-48(46-51)47-54-49(52)44-42-40-38-36-34-32-30-20-18-16-14-12-10-8-6-4-2/h5,7,11,13,17,19,22-23,25-26,28-29,33,35,48,51H,3-4,6,8-10,12,14-16,18,20-21,24,27,30-32,34,36-47H2,1-2H3/b7-5-,13-11-,19-17-,23-22-,26-25-,29-28-,35-33-. The maximum absolute atomic E-state index is 12.2. The van der Waals surface area contributed by atoms with E-state index >= 15 is 0 Å². The monoisotopic (exact) mass is 765 g/mol. The third-order valence-corrected chi connectivity index (χ3v) is 9.45. The zero-order valence-corrected chi connectivity index (χ0v) is 35.7. The molecule has 0 saturated heterocycles. The van der Waals surface area contributed by atoms with Crippen molar-refractivity contribution in [3.05, 3.63) is 85.1 Å². The molecule has 0 radical (unpaired) electrons. The van der Waals surface area contributed by atoms with E-state index in [1.165, 1.54) is 83.5 Å². The quantitative estimate of drug-likeness (QED) is 0.0382. The number of hydrogen-bond donors (Lipinski definition) is 1. The van der Waals surface area contributed by atoms with Crippen molar-refractivity contribution in [1.29, 1.82) is 0 Å². The van der Waals surface area contributed by atoms with Crippen LogP contribution in [0.5, 0.6) is 0 Å². The Bertz CT molecular complexity index is 1050. The predicted octanol–water partition coefficient (Wildman–Crippen LogP) is 14.7. The molecule has 0 saturated carbocycles. The summed E-state index contributed by atoms with van der Waals surface area (Å²) >= 11 is 0. The zero-order chi connectivity index (χ0) is 40.0. The van der Waals surface area contributed by atoms with Crippen LogP contribution in [0, 0.1) is 0 Å². The second kappa shape index (κ2) is 45.5. The third kappa shape index (κ3) is 43.7. The average molecular weight is 765 g/mol. The van der Waals surface area contributed by atoms with Crippen LogP contribution in [0.3, 0.4) is 0 Å². The minimum absolute atomic E-state index is 0.0819. The average Bonchev–Trinajstić information content (AvgIpc) is 3.19. The summed E-state index contributed by atoms with van der Waals surface area (Å²) < 4.78 is 10.6. The first-order valence-corrected chi connectivity index (χ1v) is 22.6. The lowest BCUT2D eigenvalue weighted by Crippen LogP contribution is -2.28. The molecule has 0 fully saturated rings. The maximum Gasteiger partial charge on any atom is 0.306 e. The Morgan fingerprint density at radius 3 is 1.18 bits per heavy atom. The molecule has 1 N–H and O–H groups in total. The fourth-order valence-corrected chi connectivity index (χ4v) is 6.06. The summed E-state index contributed by atoms with van der Waals surface area (Å²) in [5, 5.41) is 9.59. The zero-order valence-electron chi connectivity index (χ0n) is 35.7. The largest absolute Gasteiger partial charge is 0.462 e. The predicted molar refractivity (Wildman–Crippen MR) is 237 cm³/mol. The molecule has 0 aliphatic carbocycles. The molecule has 5 nitrogen and oxygen atoms in total. The molecule has 0 aromatic rings. The van der Waals surface area contributed by atoms with Crippen LogP contribution in [0.4, 0.5) is 0 Å². The molecule has 0 spiro atoms. The van der Waals surface area contributed by atoms with Crippen LogP contribution in [0.15, 0.2) is 85.1 Å². The van der Waals surface area contributed by atoms with E-state index < -0.39 is 6.10 Å². The van der Waals surface area contributed by atoms with Crippen molar-refractivity contribution >= 4 is 11.9 Å². The lowest BCUT2D eigenvalue weighted by atomic mass is 10.0. The van der Waals surface area contributed by atoms with E-state index in [9.17, 15) is 14.7 Å². The number of aliphatic hydroxyl groups excluding tert-OH is 1. The SMILES string of the molecule is CC/C=C\C/C=C\C/C=C\C/C=C\C/C=C\C/C=C\C/C=C\CCCCCC(=O)OC(CO)COC(=O)CCCCCCCCCCCCCCCCCC. The van der Waals surface area contributed by atoms with Gasteiger partial charge in [-0.3, -0.25) is 9.59 Å². The summed E-state index contributed by atoms with van der Waals surface area (Å²) in [6.07, 6.45) is 62.2. The number of aliphatic hydroxyl groups is 1. The topological polar surface area (TPSA) is 72.8 Å². The Hall–Kier alpha value is -2.92. The number of hydrogen-bond acceptors (Lipinski definition) is 5. The summed E-state index contributed by atoms with van der Waals surface area (Å²) in [6.45, 7) is 4.00. The molecule has 314 valence electrons. The van der Waals surface area contributed by atoms with Crippen LogP contribution in [0.25, 0.3) is 0 Å². The van der Waals surface area contributed by atoms with E-state index in [0.29, 0.717) is 12.8 Å². The summed E-state index contributed by atoms with van der Waals surface area (Å²) in [6, 6.07) is 0. The molecule has 55 heavy (non-hydrogen) atoms. The lowest BCUT2D eigenvalue weighted by molar-refractivity contribution is -0.161. The highest BCUT2D eigenvalue weighted by atomic mass is 16.6. The van der Waals surface area contributed by atoms with Crippen LogP contribution in [0.2, 0.25) is 0 Å². The Morgan fingerprint density at radius 1 is 0.436 bits per heavy atom. The molecular formula is C50H84O5. The van der Waals surface area contributed by atoms with E-state index in [0.717, 1.165) is 89.9 Å². The Balaban J connectivity index is 3.65. The highest BCUT2D eigenvalue weighted by Gasteiger charge is 2.16. The van der Waals surface area contributed by atoms with Crippen molar-refractivity contribution in [2.75, 3.05) is 13.2 Å². The highest BCUT2D eigenvalue weighted by molar-refractivity contribution is 5.70. The number of esters is 2. The minimum Gasteiger partial charge on any atom is -0.462 e. The number of carbonyl (C=O) groups excluding carboxylic acids is 2. The molecular weight excluding hydrogens is 681 g/mol. The Morgan fingerprint density at radius 2 is 0.782 bits per heavy atom. The van der Waals surface area contributed by atoms with Crippen LogP contribution in [-0.4, -0.2) is 36.4 Å². The molecule has 0 aromatic carbocycles. The first kappa shape index (κ1) is 52.1. The Kier molecular flexibility index (Phi) is 43.1. The molecule has 5 heteroatoms. The molecule has 0 aromatic heterocycles. The summed E-state index contributed by atoms with van der Waals surface area (Å²) in [5.41, 5.74) is 0. The van der Waals surface area contributed by atoms with E-state index in [4.69, 9.17) is 9.47 Å². The van der Waals surface area contributed by atoms with Gasteiger partial charge in [-0.1, -0.05) is 202 Å². The molecule has 0 aliphatic rings. The van der Waals surface area contributed by atoms with Gasteiger partial charge in [0, 0.05) is 12.8 Å². The molecule has 0 aliphatic heterocycles. The fourth-order valence-electron chi connectivity index (χ4n) is 6.06. The molecule has 0 rings (SSSR count). The van der Waals surface area contributed by atoms with Crippen molar-refractivity contribution in [3.8, 4) is 0 Å². The van der Waals surface area contributed by atoms with E-state index in [-0.39, 0.29) is 25.2 Å². The van der Waals surface area contributed by atoms with Crippen molar-refractivity contribution in [2.45, 2.75) is 206 Å². The summed E-state index contributed by atoms with van der Waals surface area (Å²) in [4.78, 5) is 24.3. The van der Waals surface area contributed by atoms with Gasteiger partial charge in [0.05, 0.1) is 6.61 Å². The van der Waals surface area contributed by atoms with Gasteiger partial charge in [0.15, 0.2) is 6.10 Å². The maximum atomic E-state index is 12.2. The van der Waals surface area contributed by atoms with Gasteiger partial charge < -0.3 is 14.6 Å². The van der Waals surface area contributed by atoms with Gasteiger partial charge in [-0.2, -0.15) is 0 Å². The first-order chi connectivity index (χ1) is 27.1. The molecule has 0 heterocycles. The number of allylic oxidation sites excluding steroid dienone is 14. The van der Waals surface area contributed by atoms with Gasteiger partial charge in [-0.15, -0.1) is 0 Å². The smallest absolute Gasteiger partial charge is 0.306 e. The number of unbranched alkanes of at least 4 members (excludes halogenated alkanes) is 18. The van der Waals surface area contributed by atoms with Crippen LogP contribution in [-0.2, 0) is 19.1 Å². The van der Waals surface area contributed by atoms with Crippen molar-refractivity contribution in [3.63, 3.8) is 0 Å². The second-order valence-electron chi connectivity index (χ2n) is 14.8. The summed E-state index contributed by atoms with van der Waals surface area (Å²) in [5.74, 6) is -0.630. The van der Waals surface area contributed by atoms with Gasteiger partial charge in [0.2, 0.25) is 0 Å². The van der Waals surface area contributed by atoms with Gasteiger partial charge in [-0.05, 0) is 70.6 Å². The molecule has 0 bridgehead atoms. The van der Waals surface area contributed by atoms with Crippen LogP contribution in [0.1, 0.15) is 200 Å². The van der Waals surface area contributed by atoms with Crippen molar-refractivity contribution in [2.24, 2.45) is 0 Å². The van der Waals surface area contributed by atoms with Crippen LogP contribution >= 0.6 is 0 Å². The van der Waals surface area contributed by atoms with E-state index in [1.54, 1.807) is 0 Å². The van der Waals surface area contributed by atoms with Gasteiger partial charge in [-0.25, -0.2) is 0 Å². The molecule has 0 amide bonds. The van der Waals surface area contributed by atoms with Gasteiger partial charge in [0.25, 0.3) is 0 Å². The third-order valence-electron chi connectivity index (χ3n) is 9.45. The van der Waals surface area contributed by atoms with Crippen molar-refractivity contribution in [1.82, 2.24) is 0 Å². The van der Waals surface area contributed by atoms with E-state index in [1.807, 2.05) is 0 Å². The highest BCUT2D eigenvalue weighted by Crippen LogP contribution is 2.14. The first-order valence-electron chi connectivity index (χ1n) is 22.6. The molecule has 1 atom stereocenters. The lowest BCUT2D eigenvalue weighted by Gasteiger charge is -2.15. The summed E-state index contributed by atoms with van der Waals surface area (Å²) in [7, 11) is 0. The fraction of sp³-hybridized carbons (Fsp3) is 0.680. The van der Waals surface area contributed by atoms with Gasteiger partial charge >= 0.3 is 11.9 Å². The Labute approximate surface area is 339 Å². The number of rotatable bonds is 40. The van der Waals surface area contributed by atoms with Gasteiger partial charge in [0.1, 0.15) is 6.61 Å². The second-order valence-corrected chi connectivity index (χ2v) is 14.8. The minimum atomic E-state index is -0.792. The van der Waals surface area contributed by atoms with Crippen LogP contribution < -0.4 is 0 Å². The normalized spacial score (nSPS) is 13.0. The molecule has 1 unspecified atom stereocenters. The number of ether oxygens (including phenoxy) is 2.